The van der Waals surface area contributed by atoms with Crippen LogP contribution in [-0.2, 0) is 54.9 Å². The van der Waals surface area contributed by atoms with Gasteiger partial charge in [0.05, 0.1) is 36.1 Å². The number of aliphatic hydroxyl groups is 6. The van der Waals surface area contributed by atoms with Crippen molar-refractivity contribution in [2.45, 2.75) is 124 Å². The van der Waals surface area contributed by atoms with E-state index in [1.807, 2.05) is 24.3 Å². The Bertz CT molecular complexity index is 3440. The number of nitrogens with one attached hydrogen (secondary N) is 5. The van der Waals surface area contributed by atoms with Crippen LogP contribution in [-0.4, -0.2) is 232 Å². The number of nitrogens with zero attached hydrogens (tertiary/aromatic N) is 6. The first-order chi connectivity index (χ1) is 45.9. The van der Waals surface area contributed by atoms with Crippen molar-refractivity contribution in [2.24, 2.45) is 5.92 Å². The number of piperidine rings is 1. The molecule has 0 unspecified atom stereocenters. The van der Waals surface area contributed by atoms with Crippen molar-refractivity contribution in [3.05, 3.63) is 124 Å². The summed E-state index contributed by atoms with van der Waals surface area (Å²) in [6.45, 7) is 12.0. The number of aromatic hydroxyl groups is 1. The number of methoxy groups -OCH3 is 1. The van der Waals surface area contributed by atoms with E-state index in [0.717, 1.165) is 77.4 Å². The van der Waals surface area contributed by atoms with E-state index in [1.54, 1.807) is 31.4 Å². The fraction of sp³-hybridized carbons (Fsp3) is 0.500. The minimum Gasteiger partial charge on any atom is -0.691 e. The molecule has 518 valence electrons. The third-order valence-electron chi connectivity index (χ3n) is 18.4. The number of benzene rings is 4. The molecule has 4 aromatic rings. The summed E-state index contributed by atoms with van der Waals surface area (Å²) < 4.78 is 15.3. The maximum atomic E-state index is 14.7. The molecule has 0 saturated carbocycles. The molecule has 4 aromatic carbocycles. The van der Waals surface area contributed by atoms with Gasteiger partial charge in [0.1, 0.15) is 36.3 Å². The predicted molar refractivity (Wildman–Crippen MR) is 344 cm³/mol. The maximum absolute atomic E-state index is 14.7. The summed E-state index contributed by atoms with van der Waals surface area (Å²) in [7, 11) is 1.75. The number of anilines is 3. The molecule has 12 N–H and O–H groups in total. The Hall–Kier alpha value is -7.10. The smallest absolute Gasteiger partial charge is 0.691 e. The Kier molecular flexibility index (Phi) is 26.6. The molecular formula is C64H79ClN11NaO19S. The third-order valence-corrected chi connectivity index (χ3v) is 19.0. The number of fused-ring (bicyclic) bond motifs is 2. The van der Waals surface area contributed by atoms with Crippen LogP contribution < -0.4 is 80.3 Å². The molecular weight excluding hydrogens is 1320 g/mol. The molecule has 30 nitrogen and oxygen atoms in total. The number of amides is 7. The van der Waals surface area contributed by atoms with E-state index in [0.29, 0.717) is 31.2 Å². The first-order valence-corrected chi connectivity index (χ1v) is 32.4. The molecule has 97 heavy (non-hydrogen) atoms. The second-order valence-electron chi connectivity index (χ2n) is 24.7. The molecule has 5 saturated heterocycles. The molecule has 5 aliphatic heterocycles. The monoisotopic (exact) mass is 1400 g/mol. The number of piperazine rings is 1. The minimum atomic E-state index is -2.16. The largest absolute Gasteiger partial charge is 1.00 e. The molecule has 7 amide bonds. The van der Waals surface area contributed by atoms with Crippen LogP contribution in [0.15, 0.2) is 91.0 Å². The molecule has 9 rings (SSSR count). The summed E-state index contributed by atoms with van der Waals surface area (Å²) >= 11 is 6.18. The van der Waals surface area contributed by atoms with Crippen molar-refractivity contribution in [2.75, 3.05) is 87.3 Å². The number of aliphatic hydroxyl groups excluding tert-OH is 6. The summed E-state index contributed by atoms with van der Waals surface area (Å²) in [5, 5.41) is 105. The summed E-state index contributed by atoms with van der Waals surface area (Å²) in [5.41, 5.74) is 3.90. The van der Waals surface area contributed by atoms with Gasteiger partial charge in [-0.2, -0.15) is 0 Å². The number of hydrogen-bond acceptors (Lipinski definition) is 23. The Morgan fingerprint density at radius 3 is 1.91 bits per heavy atom. The second-order valence-corrected chi connectivity index (χ2v) is 25.5. The quantitative estimate of drug-likeness (QED) is 0.0118. The minimum absolute atomic E-state index is 0. The molecule has 5 fully saturated rings. The van der Waals surface area contributed by atoms with Crippen LogP contribution in [0.4, 0.5) is 17.1 Å². The van der Waals surface area contributed by atoms with Gasteiger partial charge in [0.2, 0.25) is 42.0 Å². The number of phenolic OH excluding ortho intramolecular Hbond substituents is 1. The molecule has 0 aliphatic carbocycles. The van der Waals surface area contributed by atoms with Gasteiger partial charge in [0, 0.05) is 119 Å². The van der Waals surface area contributed by atoms with Gasteiger partial charge >= 0.3 is 29.6 Å². The van der Waals surface area contributed by atoms with Crippen molar-refractivity contribution >= 4 is 82.3 Å². The zero-order valence-electron chi connectivity index (χ0n) is 53.8. The van der Waals surface area contributed by atoms with Gasteiger partial charge < -0.3 is 106 Å². The first kappa shape index (κ1) is 75.7. The van der Waals surface area contributed by atoms with E-state index in [1.165, 1.54) is 13.0 Å². The van der Waals surface area contributed by atoms with Crippen LogP contribution >= 0.6 is 23.9 Å². The van der Waals surface area contributed by atoms with Crippen LogP contribution in [0.3, 0.4) is 0 Å². The van der Waals surface area contributed by atoms with Gasteiger partial charge in [-0.15, -0.1) is 4.33 Å². The zero-order valence-corrected chi connectivity index (χ0v) is 57.3. The van der Waals surface area contributed by atoms with Gasteiger partial charge in [-0.3, -0.25) is 38.6 Å². The summed E-state index contributed by atoms with van der Waals surface area (Å²) in [5.74, 6) is -9.59. The number of carbonyl (C=O) groups is 7. The summed E-state index contributed by atoms with van der Waals surface area (Å²) in [4.78, 5) is 113. The number of halogens is 1. The van der Waals surface area contributed by atoms with Crippen molar-refractivity contribution in [1.82, 2.24) is 36.4 Å². The first-order valence-electron chi connectivity index (χ1n) is 31.3. The number of ether oxygens (including phenoxy) is 1. The Balaban J connectivity index is 0.0000120. The Morgan fingerprint density at radius 2 is 1.32 bits per heavy atom. The Labute approximate surface area is 590 Å². The second kappa shape index (κ2) is 34.1. The predicted octanol–water partition coefficient (Wildman–Crippen LogP) is -4.45. The average Bonchev–Trinajstić information content (AvgIpc) is 1.49. The number of carbonyl (C=O) groups excluding carboxylic acids is 7. The zero-order chi connectivity index (χ0) is 69.1. The van der Waals surface area contributed by atoms with Crippen molar-refractivity contribution in [3.63, 3.8) is 0 Å². The van der Waals surface area contributed by atoms with Crippen LogP contribution in [0.25, 0.3) is 4.85 Å². The molecule has 13 atom stereocenters. The molecule has 5 aliphatic rings. The molecule has 5 heterocycles. The molecule has 0 bridgehead atoms. The standard InChI is InChI=1S/C64H80ClN11O19S.Na/c1-35-33-76-55(56(35)83)61(88)67-31-44(78)29-46(68-57(84)38-6-12-41(13-7-38)73-23-25-74(26-24-73)43-16-14-42(15-17-43)72-21-19-64(92-4,20-22-72)39-8-10-40(65)11-9-39)58(85)69-52(36(2)77)62(89)75-34-45(79)30-47(75)59(86)70-53(60(87)71-54(63(76)90)50(82)32-66-3)49(81)27-37-5-18-48(80)51(28-37)93-96-95-94-91;/h5-18,28,35-36,44-47,49-50,52-56,77-83,91H,19-27,29-34H2,1-2,4H3,(H,67,88)(H,68,84)(H,69,85)(H,70,86)(H,71,87);/q;+1/p-1/t35-,36+,44+,45+,46+,47+,49-,50-,52+,53+,54+,55+,56+;/m1./s1. The van der Waals surface area contributed by atoms with Crippen LogP contribution in [0.1, 0.15) is 61.0 Å². The van der Waals surface area contributed by atoms with Gasteiger partial charge in [-0.25, -0.2) is 6.57 Å². The third kappa shape index (κ3) is 18.2. The topological polar surface area (TPSA) is 402 Å². The number of rotatable bonds is 17. The molecule has 33 heteroatoms. The van der Waals surface area contributed by atoms with Crippen molar-refractivity contribution < 1.29 is 122 Å². The summed E-state index contributed by atoms with van der Waals surface area (Å²) in [6.07, 6.45) is -10.6. The van der Waals surface area contributed by atoms with Crippen molar-refractivity contribution in [3.8, 4) is 11.5 Å². The molecule has 0 spiro atoms. The van der Waals surface area contributed by atoms with E-state index in [9.17, 15) is 74.6 Å². The van der Waals surface area contributed by atoms with E-state index in [4.69, 9.17) is 27.1 Å². The van der Waals surface area contributed by atoms with Crippen molar-refractivity contribution in [1.29, 1.82) is 0 Å². The van der Waals surface area contributed by atoms with Crippen LogP contribution in [0.5, 0.6) is 11.5 Å². The van der Waals surface area contributed by atoms with Crippen LogP contribution in [0.2, 0.25) is 5.02 Å². The normalized spacial score (nSPS) is 26.3. The fourth-order valence-electron chi connectivity index (χ4n) is 12.9. The number of hydrogen-bond donors (Lipinski definition) is 12. The van der Waals surface area contributed by atoms with E-state index in [-0.39, 0.29) is 70.9 Å². The van der Waals surface area contributed by atoms with Gasteiger partial charge in [0.25, 0.3) is 18.2 Å². The van der Waals surface area contributed by atoms with E-state index >= 15 is 0 Å². The van der Waals surface area contributed by atoms with Crippen LogP contribution in [0, 0.1) is 12.5 Å². The maximum Gasteiger partial charge on any atom is 1.00 e. The average molecular weight is 1400 g/mol. The van der Waals surface area contributed by atoms with Gasteiger partial charge in [-0.1, -0.05) is 36.7 Å². The fourth-order valence-corrected chi connectivity index (χ4v) is 13.3. The SMILES string of the molecule is [C-]#[N+]C[C@@H](O)[C@@H]1NC(=O)[C@H]([C@H](O)Cc2ccc(O)c(OSOO[O-])c2)NC(=O)[C@@H]2C[C@H](O)CN2C(=O)[C@H]([C@H](C)O)NC(=O)[C@@H](NC(=O)c2ccc(N3CCN(c4ccc(N5CCC(OC)(c6ccc(Cl)cc6)CC5)cc4)CC3)cc2)C[C@H](O)CNC(=O)[C@@H]2[C@@H](O)[C@H](C)CN2C1=O.[Na+]. The van der Waals surface area contributed by atoms with Gasteiger partial charge in [0.15, 0.2) is 17.6 Å². The van der Waals surface area contributed by atoms with E-state index < -0.39 is 165 Å². The van der Waals surface area contributed by atoms with E-state index in [2.05, 4.69) is 79.8 Å². The Morgan fingerprint density at radius 1 is 0.742 bits per heavy atom. The number of β-amino-alcohol motifs (C(OH)–C–C–N with tert-alkyl or cyclic N) is 1. The number of phenols is 1. The summed E-state index contributed by atoms with van der Waals surface area (Å²) in [6, 6.07) is 15.0. The molecule has 0 radical (unpaired) electrons. The molecule has 0 aromatic heterocycles. The van der Waals surface area contributed by atoms with Gasteiger partial charge in [-0.05, 0) is 104 Å².